The topological polar surface area (TPSA) is 18.5 Å². The predicted octanol–water partition coefficient (Wildman–Crippen LogP) is 4.60. The molecule has 0 rings (SSSR count). The molecule has 0 N–H and O–H groups in total. The first kappa shape index (κ1) is 18.4. The van der Waals surface area contributed by atoms with Crippen molar-refractivity contribution in [3.05, 3.63) is 0 Å². The SMILES string of the molecule is CCCCOC(Br)C[Se]CC(Br)OCCCC. The van der Waals surface area contributed by atoms with Gasteiger partial charge in [-0.25, -0.2) is 0 Å². The van der Waals surface area contributed by atoms with Crippen molar-refractivity contribution in [3.8, 4) is 0 Å². The number of halogens is 2. The molecule has 0 radical (unpaired) electrons. The summed E-state index contributed by atoms with van der Waals surface area (Å²) in [6.45, 7) is 6.10. The Hall–Kier alpha value is 1.40. The van der Waals surface area contributed by atoms with E-state index in [0.717, 1.165) is 36.7 Å². The molecular formula is C12H24Br2O2Se. The van der Waals surface area contributed by atoms with Crippen LogP contribution in [-0.2, 0) is 9.47 Å². The number of unbranched alkanes of at least 4 members (excludes halogenated alkanes) is 2. The van der Waals surface area contributed by atoms with Crippen molar-refractivity contribution >= 4 is 46.8 Å². The summed E-state index contributed by atoms with van der Waals surface area (Å²) in [5, 5.41) is 2.67. The average molecular weight is 439 g/mol. The molecule has 5 heteroatoms. The Morgan fingerprint density at radius 1 is 0.882 bits per heavy atom. The monoisotopic (exact) mass is 438 g/mol. The third-order valence-electron chi connectivity index (χ3n) is 2.09. The van der Waals surface area contributed by atoms with Gasteiger partial charge < -0.3 is 0 Å². The summed E-state index contributed by atoms with van der Waals surface area (Å²) in [5.74, 6) is 0. The second-order valence-electron chi connectivity index (χ2n) is 3.81. The van der Waals surface area contributed by atoms with Crippen LogP contribution < -0.4 is 0 Å². The fourth-order valence-electron chi connectivity index (χ4n) is 1.06. The number of alkyl halides is 2. The van der Waals surface area contributed by atoms with Crippen LogP contribution in [0.4, 0.5) is 0 Å². The van der Waals surface area contributed by atoms with Gasteiger partial charge >= 0.3 is 130 Å². The number of hydrogen-bond acceptors (Lipinski definition) is 2. The minimum absolute atomic E-state index is 0.226. The van der Waals surface area contributed by atoms with Crippen LogP contribution in [0.1, 0.15) is 39.5 Å². The molecule has 0 saturated carbocycles. The van der Waals surface area contributed by atoms with Gasteiger partial charge in [0.1, 0.15) is 0 Å². The van der Waals surface area contributed by atoms with Gasteiger partial charge in [0.25, 0.3) is 0 Å². The Morgan fingerprint density at radius 2 is 1.29 bits per heavy atom. The molecule has 0 aliphatic rings. The first-order valence-corrected chi connectivity index (χ1v) is 10.5. The van der Waals surface area contributed by atoms with Crippen molar-refractivity contribution in [2.24, 2.45) is 0 Å². The fraction of sp³-hybridized carbons (Fsp3) is 1.00. The minimum atomic E-state index is 0.226. The van der Waals surface area contributed by atoms with Crippen LogP contribution in [0.15, 0.2) is 0 Å². The van der Waals surface area contributed by atoms with Crippen molar-refractivity contribution in [3.63, 3.8) is 0 Å². The first-order valence-electron chi connectivity index (χ1n) is 6.29. The van der Waals surface area contributed by atoms with E-state index in [4.69, 9.17) is 9.47 Å². The van der Waals surface area contributed by atoms with Crippen molar-refractivity contribution in [2.45, 2.75) is 60.2 Å². The molecule has 0 saturated heterocycles. The molecule has 0 fully saturated rings. The maximum absolute atomic E-state index is 5.64. The Labute approximate surface area is 129 Å². The normalized spacial score (nSPS) is 14.8. The summed E-state index contributed by atoms with van der Waals surface area (Å²) >= 11 is 7.69. The molecule has 2 nitrogen and oxygen atoms in total. The van der Waals surface area contributed by atoms with Gasteiger partial charge in [0.15, 0.2) is 0 Å². The molecule has 0 aromatic carbocycles. The molecule has 0 heterocycles. The zero-order valence-electron chi connectivity index (χ0n) is 10.8. The molecule has 0 bridgehead atoms. The number of ether oxygens (including phenoxy) is 2. The maximum atomic E-state index is 5.64. The van der Waals surface area contributed by atoms with E-state index in [1.165, 1.54) is 12.8 Å². The van der Waals surface area contributed by atoms with Crippen LogP contribution in [0.5, 0.6) is 0 Å². The van der Waals surface area contributed by atoms with E-state index in [0.29, 0.717) is 15.0 Å². The quantitative estimate of drug-likeness (QED) is 0.252. The Balaban J connectivity index is 3.29. The van der Waals surface area contributed by atoms with Gasteiger partial charge in [-0.05, 0) is 0 Å². The summed E-state index contributed by atoms with van der Waals surface area (Å²) in [6.07, 6.45) is 4.69. The van der Waals surface area contributed by atoms with Crippen molar-refractivity contribution in [1.29, 1.82) is 0 Å². The van der Waals surface area contributed by atoms with Crippen LogP contribution in [0.3, 0.4) is 0 Å². The molecule has 0 spiro atoms. The second-order valence-corrected chi connectivity index (χ2v) is 8.10. The predicted molar refractivity (Wildman–Crippen MR) is 82.5 cm³/mol. The standard InChI is InChI=1S/C12H24Br2O2Se/c1-3-5-7-15-11(13)9-17-10-12(14)16-8-6-4-2/h11-12H,3-10H2,1-2H3. The number of rotatable bonds is 12. The summed E-state index contributed by atoms with van der Waals surface area (Å²) in [6, 6.07) is 0. The molecule has 0 aliphatic carbocycles. The van der Waals surface area contributed by atoms with Gasteiger partial charge in [0.2, 0.25) is 0 Å². The summed E-state index contributed by atoms with van der Waals surface area (Å²) < 4.78 is 11.3. The third kappa shape index (κ3) is 13.6. The van der Waals surface area contributed by atoms with Gasteiger partial charge in [0.05, 0.1) is 0 Å². The third-order valence-corrected chi connectivity index (χ3v) is 7.46. The van der Waals surface area contributed by atoms with Gasteiger partial charge in [-0.15, -0.1) is 0 Å². The Kier molecular flexibility index (Phi) is 15.0. The van der Waals surface area contributed by atoms with E-state index in [1.807, 2.05) is 0 Å². The van der Waals surface area contributed by atoms with Crippen LogP contribution >= 0.6 is 31.9 Å². The molecule has 0 amide bonds. The number of hydrogen-bond donors (Lipinski definition) is 0. The zero-order valence-corrected chi connectivity index (χ0v) is 15.7. The molecule has 104 valence electrons. The van der Waals surface area contributed by atoms with Crippen molar-refractivity contribution < 1.29 is 9.47 Å². The average Bonchev–Trinajstić information content (AvgIpc) is 2.30. The Bertz CT molecular complexity index is 145. The Morgan fingerprint density at radius 3 is 1.65 bits per heavy atom. The van der Waals surface area contributed by atoms with Crippen LogP contribution in [0.2, 0.25) is 10.6 Å². The van der Waals surface area contributed by atoms with Crippen LogP contribution in [0, 0.1) is 0 Å². The van der Waals surface area contributed by atoms with Gasteiger partial charge in [-0.1, -0.05) is 0 Å². The zero-order chi connectivity index (χ0) is 12.9. The molecule has 0 aromatic rings. The van der Waals surface area contributed by atoms with E-state index in [1.54, 1.807) is 0 Å². The second kappa shape index (κ2) is 13.8. The van der Waals surface area contributed by atoms with E-state index in [9.17, 15) is 0 Å². The molecule has 2 unspecified atom stereocenters. The van der Waals surface area contributed by atoms with Crippen LogP contribution in [0.25, 0.3) is 0 Å². The van der Waals surface area contributed by atoms with Gasteiger partial charge in [-0.3, -0.25) is 0 Å². The molecule has 2 atom stereocenters. The van der Waals surface area contributed by atoms with Crippen LogP contribution in [-0.4, -0.2) is 38.2 Å². The summed E-state index contributed by atoms with van der Waals surface area (Å²) in [5.41, 5.74) is 0. The van der Waals surface area contributed by atoms with Crippen molar-refractivity contribution in [1.82, 2.24) is 0 Å². The first-order chi connectivity index (χ1) is 8.20. The molecule has 17 heavy (non-hydrogen) atoms. The van der Waals surface area contributed by atoms with E-state index < -0.39 is 0 Å². The van der Waals surface area contributed by atoms with Crippen molar-refractivity contribution in [2.75, 3.05) is 13.2 Å². The van der Waals surface area contributed by atoms with Gasteiger partial charge in [-0.2, -0.15) is 0 Å². The molecular weight excluding hydrogens is 415 g/mol. The fourth-order valence-corrected chi connectivity index (χ4v) is 4.84. The van der Waals surface area contributed by atoms with E-state index in [2.05, 4.69) is 45.7 Å². The van der Waals surface area contributed by atoms with E-state index >= 15 is 0 Å². The summed E-state index contributed by atoms with van der Waals surface area (Å²) in [4.78, 5) is 0. The van der Waals surface area contributed by atoms with E-state index in [-0.39, 0.29) is 10.0 Å². The summed E-state index contributed by atoms with van der Waals surface area (Å²) in [7, 11) is 0. The molecule has 0 aliphatic heterocycles. The van der Waals surface area contributed by atoms with Gasteiger partial charge in [0, 0.05) is 0 Å². The molecule has 0 aromatic heterocycles.